The summed E-state index contributed by atoms with van der Waals surface area (Å²) in [6.07, 6.45) is 4.46. The summed E-state index contributed by atoms with van der Waals surface area (Å²) in [5.41, 5.74) is 1.19. The second kappa shape index (κ2) is 8.09. The Hall–Kier alpha value is -1.17. The molecule has 0 bridgehead atoms. The third-order valence-corrected chi connectivity index (χ3v) is 2.88. The highest BCUT2D eigenvalue weighted by Crippen LogP contribution is 2.19. The quantitative estimate of drug-likeness (QED) is 0.648. The van der Waals surface area contributed by atoms with E-state index in [0.29, 0.717) is 32.3 Å². The van der Waals surface area contributed by atoms with Gasteiger partial charge in [0, 0.05) is 32.0 Å². The molecule has 1 aromatic heterocycles. The van der Waals surface area contributed by atoms with Crippen molar-refractivity contribution in [3.63, 3.8) is 0 Å². The van der Waals surface area contributed by atoms with Crippen molar-refractivity contribution in [3.8, 4) is 5.88 Å². The molecule has 1 aliphatic carbocycles. The van der Waals surface area contributed by atoms with E-state index >= 15 is 0 Å². The first-order valence-corrected chi connectivity index (χ1v) is 6.76. The van der Waals surface area contributed by atoms with Gasteiger partial charge in [0.05, 0.1) is 19.8 Å². The van der Waals surface area contributed by atoms with Gasteiger partial charge in [-0.1, -0.05) is 6.07 Å². The highest BCUT2D eigenvalue weighted by Gasteiger charge is 2.19. The molecule has 0 radical (unpaired) electrons. The molecule has 0 aromatic carbocycles. The minimum absolute atomic E-state index is 0.510. The molecular formula is C14H22N2O3. The molecule has 0 atom stereocenters. The van der Waals surface area contributed by atoms with Gasteiger partial charge in [-0.05, 0) is 18.4 Å². The molecule has 5 nitrogen and oxygen atoms in total. The zero-order chi connectivity index (χ0) is 13.3. The highest BCUT2D eigenvalue weighted by molar-refractivity contribution is 5.17. The number of aromatic nitrogens is 1. The SMILES string of the molecule is COCCOCCOc1ccc(CNC2CC2)cn1. The number of ether oxygens (including phenoxy) is 3. The Bertz CT molecular complexity index is 352. The Morgan fingerprint density at radius 1 is 1.21 bits per heavy atom. The molecule has 1 aromatic rings. The minimum atomic E-state index is 0.510. The molecule has 2 rings (SSSR count). The molecule has 0 amide bonds. The zero-order valence-electron chi connectivity index (χ0n) is 11.4. The van der Waals surface area contributed by atoms with Gasteiger partial charge in [-0.3, -0.25) is 0 Å². The summed E-state index contributed by atoms with van der Waals surface area (Å²) in [7, 11) is 1.66. The van der Waals surface area contributed by atoms with Gasteiger partial charge in [0.15, 0.2) is 0 Å². The average Bonchev–Trinajstić information content (AvgIpc) is 3.26. The fourth-order valence-electron chi connectivity index (χ4n) is 1.60. The second-order valence-corrected chi connectivity index (χ2v) is 4.61. The number of hydrogen-bond acceptors (Lipinski definition) is 5. The first-order chi connectivity index (χ1) is 9.38. The summed E-state index contributed by atoms with van der Waals surface area (Å²) in [6.45, 7) is 3.16. The van der Waals surface area contributed by atoms with Gasteiger partial charge < -0.3 is 19.5 Å². The van der Waals surface area contributed by atoms with Gasteiger partial charge in [-0.15, -0.1) is 0 Å². The van der Waals surface area contributed by atoms with Crippen LogP contribution in [0.2, 0.25) is 0 Å². The fourth-order valence-corrected chi connectivity index (χ4v) is 1.60. The van der Waals surface area contributed by atoms with E-state index < -0.39 is 0 Å². The normalized spacial score (nSPS) is 14.6. The van der Waals surface area contributed by atoms with Crippen LogP contribution in [0, 0.1) is 0 Å². The Morgan fingerprint density at radius 2 is 2.05 bits per heavy atom. The van der Waals surface area contributed by atoms with Crippen LogP contribution in [0.25, 0.3) is 0 Å². The Balaban J connectivity index is 1.58. The van der Waals surface area contributed by atoms with Crippen LogP contribution in [0.4, 0.5) is 0 Å². The molecule has 1 fully saturated rings. The van der Waals surface area contributed by atoms with E-state index in [2.05, 4.69) is 10.3 Å². The van der Waals surface area contributed by atoms with Crippen LogP contribution in [0.5, 0.6) is 5.88 Å². The number of methoxy groups -OCH3 is 1. The largest absolute Gasteiger partial charge is 0.475 e. The first-order valence-electron chi connectivity index (χ1n) is 6.76. The molecule has 0 saturated heterocycles. The van der Waals surface area contributed by atoms with Crippen molar-refractivity contribution < 1.29 is 14.2 Å². The minimum Gasteiger partial charge on any atom is -0.475 e. The third kappa shape index (κ3) is 6.00. The van der Waals surface area contributed by atoms with E-state index in [-0.39, 0.29) is 0 Å². The maximum absolute atomic E-state index is 5.48. The summed E-state index contributed by atoms with van der Waals surface area (Å²) >= 11 is 0. The van der Waals surface area contributed by atoms with Gasteiger partial charge in [-0.25, -0.2) is 4.98 Å². The molecular weight excluding hydrogens is 244 g/mol. The van der Waals surface area contributed by atoms with Crippen molar-refractivity contribution >= 4 is 0 Å². The van der Waals surface area contributed by atoms with Crippen molar-refractivity contribution in [3.05, 3.63) is 23.9 Å². The molecule has 1 heterocycles. The number of nitrogens with zero attached hydrogens (tertiary/aromatic N) is 1. The van der Waals surface area contributed by atoms with Crippen LogP contribution in [-0.4, -0.2) is 44.6 Å². The molecule has 19 heavy (non-hydrogen) atoms. The predicted octanol–water partition coefficient (Wildman–Crippen LogP) is 1.38. The zero-order valence-corrected chi connectivity index (χ0v) is 11.4. The monoisotopic (exact) mass is 266 g/mol. The molecule has 0 spiro atoms. The molecule has 0 aliphatic heterocycles. The van der Waals surface area contributed by atoms with Crippen molar-refractivity contribution in [2.45, 2.75) is 25.4 Å². The lowest BCUT2D eigenvalue weighted by Gasteiger charge is -2.07. The summed E-state index contributed by atoms with van der Waals surface area (Å²) in [5.74, 6) is 0.644. The number of pyridine rings is 1. The fraction of sp³-hybridized carbons (Fsp3) is 0.643. The lowest BCUT2D eigenvalue weighted by Crippen LogP contribution is -2.15. The van der Waals surface area contributed by atoms with Crippen LogP contribution >= 0.6 is 0 Å². The van der Waals surface area contributed by atoms with E-state index in [4.69, 9.17) is 14.2 Å². The van der Waals surface area contributed by atoms with Gasteiger partial charge in [0.25, 0.3) is 0 Å². The Kier molecular flexibility index (Phi) is 6.07. The van der Waals surface area contributed by atoms with Gasteiger partial charge >= 0.3 is 0 Å². The van der Waals surface area contributed by atoms with Gasteiger partial charge in [0.2, 0.25) is 5.88 Å². The van der Waals surface area contributed by atoms with Crippen molar-refractivity contribution in [2.75, 3.05) is 33.5 Å². The predicted molar refractivity (Wildman–Crippen MR) is 72.3 cm³/mol. The van der Waals surface area contributed by atoms with Crippen LogP contribution < -0.4 is 10.1 Å². The molecule has 0 unspecified atom stereocenters. The van der Waals surface area contributed by atoms with E-state index in [1.54, 1.807) is 7.11 Å². The lowest BCUT2D eigenvalue weighted by atomic mass is 10.3. The Labute approximate surface area is 114 Å². The molecule has 106 valence electrons. The van der Waals surface area contributed by atoms with E-state index in [9.17, 15) is 0 Å². The van der Waals surface area contributed by atoms with Gasteiger partial charge in [0.1, 0.15) is 6.61 Å². The molecule has 5 heteroatoms. The summed E-state index contributed by atoms with van der Waals surface area (Å²) in [6, 6.07) is 4.67. The number of rotatable bonds is 10. The van der Waals surface area contributed by atoms with E-state index in [1.807, 2.05) is 18.3 Å². The van der Waals surface area contributed by atoms with Crippen LogP contribution in [-0.2, 0) is 16.0 Å². The second-order valence-electron chi connectivity index (χ2n) is 4.61. The van der Waals surface area contributed by atoms with Crippen molar-refractivity contribution in [2.24, 2.45) is 0 Å². The van der Waals surface area contributed by atoms with Crippen LogP contribution in [0.3, 0.4) is 0 Å². The topological polar surface area (TPSA) is 52.6 Å². The van der Waals surface area contributed by atoms with E-state index in [0.717, 1.165) is 12.6 Å². The highest BCUT2D eigenvalue weighted by atomic mass is 16.5. The van der Waals surface area contributed by atoms with Crippen molar-refractivity contribution in [1.29, 1.82) is 0 Å². The summed E-state index contributed by atoms with van der Waals surface area (Å²) in [4.78, 5) is 4.27. The maximum atomic E-state index is 5.48. The molecule has 1 aliphatic rings. The third-order valence-electron chi connectivity index (χ3n) is 2.88. The summed E-state index contributed by atoms with van der Waals surface area (Å²) in [5, 5.41) is 3.45. The lowest BCUT2D eigenvalue weighted by molar-refractivity contribution is 0.0537. The number of nitrogens with one attached hydrogen (secondary N) is 1. The first kappa shape index (κ1) is 14.2. The van der Waals surface area contributed by atoms with E-state index in [1.165, 1.54) is 18.4 Å². The van der Waals surface area contributed by atoms with Gasteiger partial charge in [-0.2, -0.15) is 0 Å². The maximum Gasteiger partial charge on any atom is 0.213 e. The number of hydrogen-bond donors (Lipinski definition) is 1. The summed E-state index contributed by atoms with van der Waals surface area (Å²) < 4.78 is 15.7. The van der Waals surface area contributed by atoms with Crippen molar-refractivity contribution in [1.82, 2.24) is 10.3 Å². The average molecular weight is 266 g/mol. The van der Waals surface area contributed by atoms with Crippen LogP contribution in [0.1, 0.15) is 18.4 Å². The Morgan fingerprint density at radius 3 is 2.74 bits per heavy atom. The standard InChI is InChI=1S/C14H22N2O3/c1-17-6-7-18-8-9-19-14-5-2-12(11-16-14)10-15-13-3-4-13/h2,5,11,13,15H,3-4,6-10H2,1H3. The van der Waals surface area contributed by atoms with Crippen LogP contribution in [0.15, 0.2) is 18.3 Å². The smallest absolute Gasteiger partial charge is 0.213 e. The molecule has 1 N–H and O–H groups in total. The molecule has 1 saturated carbocycles.